The fourth-order valence-corrected chi connectivity index (χ4v) is 2.26. The third-order valence-corrected chi connectivity index (χ3v) is 3.25. The predicted octanol–water partition coefficient (Wildman–Crippen LogP) is 2.12. The summed E-state index contributed by atoms with van der Waals surface area (Å²) in [6, 6.07) is 6.57. The van der Waals surface area contributed by atoms with Crippen molar-refractivity contribution in [2.75, 3.05) is 24.6 Å². The summed E-state index contributed by atoms with van der Waals surface area (Å²) in [5.41, 5.74) is 3.98. The first-order valence-electron chi connectivity index (χ1n) is 5.64. The van der Waals surface area contributed by atoms with Crippen LogP contribution < -0.4 is 4.90 Å². The van der Waals surface area contributed by atoms with Crippen molar-refractivity contribution in [1.82, 2.24) is 0 Å². The molecule has 1 fully saturated rings. The zero-order chi connectivity index (χ0) is 10.8. The fourth-order valence-electron chi connectivity index (χ4n) is 2.26. The van der Waals surface area contributed by atoms with E-state index in [-0.39, 0.29) is 0 Å². The van der Waals surface area contributed by atoms with Crippen LogP contribution in [-0.4, -0.2) is 24.8 Å². The standard InChI is InChI=1S/C13H19NO/c1-10-3-4-11(2)13(7-10)14-6-5-12(8-14)9-15/h3-4,7,12,15H,5-6,8-9H2,1-2H3. The average molecular weight is 205 g/mol. The Labute approximate surface area is 91.5 Å². The molecular formula is C13H19NO. The highest BCUT2D eigenvalue weighted by atomic mass is 16.3. The second-order valence-electron chi connectivity index (χ2n) is 4.57. The van der Waals surface area contributed by atoms with Gasteiger partial charge in [-0.1, -0.05) is 12.1 Å². The Bertz CT molecular complexity index is 348. The Hall–Kier alpha value is -1.02. The van der Waals surface area contributed by atoms with Gasteiger partial charge in [-0.3, -0.25) is 0 Å². The molecule has 1 N–H and O–H groups in total. The number of anilines is 1. The maximum absolute atomic E-state index is 9.13. The molecule has 2 nitrogen and oxygen atoms in total. The summed E-state index contributed by atoms with van der Waals surface area (Å²) in [6.07, 6.45) is 1.11. The molecule has 1 saturated heterocycles. The summed E-state index contributed by atoms with van der Waals surface area (Å²) < 4.78 is 0. The van der Waals surface area contributed by atoms with Crippen LogP contribution in [0.3, 0.4) is 0 Å². The van der Waals surface area contributed by atoms with Crippen LogP contribution in [0.25, 0.3) is 0 Å². The molecule has 1 heterocycles. The molecule has 0 aromatic heterocycles. The molecule has 82 valence electrons. The number of hydrogen-bond donors (Lipinski definition) is 1. The summed E-state index contributed by atoms with van der Waals surface area (Å²) in [4.78, 5) is 2.39. The Balaban J connectivity index is 2.19. The highest BCUT2D eigenvalue weighted by Crippen LogP contribution is 2.27. The molecule has 0 spiro atoms. The molecule has 2 heteroatoms. The molecule has 1 unspecified atom stereocenters. The van der Waals surface area contributed by atoms with Crippen LogP contribution in [0, 0.1) is 19.8 Å². The quantitative estimate of drug-likeness (QED) is 0.799. The van der Waals surface area contributed by atoms with Gasteiger partial charge in [0.25, 0.3) is 0 Å². The monoisotopic (exact) mass is 205 g/mol. The van der Waals surface area contributed by atoms with E-state index < -0.39 is 0 Å². The maximum Gasteiger partial charge on any atom is 0.0476 e. The maximum atomic E-state index is 9.13. The number of rotatable bonds is 2. The topological polar surface area (TPSA) is 23.5 Å². The van der Waals surface area contributed by atoms with Gasteiger partial charge < -0.3 is 10.0 Å². The largest absolute Gasteiger partial charge is 0.396 e. The second kappa shape index (κ2) is 4.23. The van der Waals surface area contributed by atoms with E-state index in [9.17, 15) is 0 Å². The smallest absolute Gasteiger partial charge is 0.0476 e. The molecule has 0 bridgehead atoms. The van der Waals surface area contributed by atoms with Crippen molar-refractivity contribution in [1.29, 1.82) is 0 Å². The van der Waals surface area contributed by atoms with Crippen molar-refractivity contribution < 1.29 is 5.11 Å². The van der Waals surface area contributed by atoms with Crippen molar-refractivity contribution >= 4 is 5.69 Å². The number of benzene rings is 1. The number of nitrogens with zero attached hydrogens (tertiary/aromatic N) is 1. The van der Waals surface area contributed by atoms with Crippen molar-refractivity contribution in [2.45, 2.75) is 20.3 Å². The van der Waals surface area contributed by atoms with Crippen molar-refractivity contribution in [3.05, 3.63) is 29.3 Å². The normalized spacial score (nSPS) is 21.0. The Morgan fingerprint density at radius 1 is 1.40 bits per heavy atom. The number of hydrogen-bond acceptors (Lipinski definition) is 2. The van der Waals surface area contributed by atoms with Gasteiger partial charge in [-0.25, -0.2) is 0 Å². The highest BCUT2D eigenvalue weighted by Gasteiger charge is 2.22. The fraction of sp³-hybridized carbons (Fsp3) is 0.538. The van der Waals surface area contributed by atoms with Gasteiger partial charge in [0.15, 0.2) is 0 Å². The van der Waals surface area contributed by atoms with Gasteiger partial charge in [0.05, 0.1) is 0 Å². The van der Waals surface area contributed by atoms with Gasteiger partial charge in [0.1, 0.15) is 0 Å². The minimum Gasteiger partial charge on any atom is -0.396 e. The second-order valence-corrected chi connectivity index (χ2v) is 4.57. The van der Waals surface area contributed by atoms with Crippen LogP contribution in [-0.2, 0) is 0 Å². The minimum absolute atomic E-state index is 0.321. The lowest BCUT2D eigenvalue weighted by Gasteiger charge is -2.21. The molecule has 1 aromatic carbocycles. The van der Waals surface area contributed by atoms with Crippen molar-refractivity contribution in [3.63, 3.8) is 0 Å². The summed E-state index contributed by atoms with van der Waals surface area (Å²) >= 11 is 0. The van der Waals surface area contributed by atoms with E-state index in [1.807, 2.05) is 0 Å². The van der Waals surface area contributed by atoms with Gasteiger partial charge in [-0.15, -0.1) is 0 Å². The summed E-state index contributed by atoms with van der Waals surface area (Å²) in [5.74, 6) is 0.463. The lowest BCUT2D eigenvalue weighted by atomic mass is 10.1. The third kappa shape index (κ3) is 2.15. The van der Waals surface area contributed by atoms with E-state index in [1.165, 1.54) is 16.8 Å². The highest BCUT2D eigenvalue weighted by molar-refractivity contribution is 5.55. The number of aryl methyl sites for hydroxylation is 2. The molecule has 0 amide bonds. The molecular weight excluding hydrogens is 186 g/mol. The van der Waals surface area contributed by atoms with Crippen LogP contribution in [0.5, 0.6) is 0 Å². The van der Waals surface area contributed by atoms with Crippen LogP contribution in [0.1, 0.15) is 17.5 Å². The molecule has 1 aromatic rings. The molecule has 1 atom stereocenters. The van der Waals surface area contributed by atoms with Crippen LogP contribution in [0.2, 0.25) is 0 Å². The zero-order valence-corrected chi connectivity index (χ0v) is 9.53. The lowest BCUT2D eigenvalue weighted by Crippen LogP contribution is -2.21. The van der Waals surface area contributed by atoms with E-state index >= 15 is 0 Å². The summed E-state index contributed by atoms with van der Waals surface area (Å²) in [7, 11) is 0. The summed E-state index contributed by atoms with van der Waals surface area (Å²) in [5, 5.41) is 9.13. The van der Waals surface area contributed by atoms with Gasteiger partial charge in [-0.2, -0.15) is 0 Å². The minimum atomic E-state index is 0.321. The van der Waals surface area contributed by atoms with E-state index in [0.717, 1.165) is 19.5 Å². The Morgan fingerprint density at radius 3 is 2.87 bits per heavy atom. The Morgan fingerprint density at radius 2 is 2.20 bits per heavy atom. The first kappa shape index (κ1) is 10.5. The third-order valence-electron chi connectivity index (χ3n) is 3.25. The van der Waals surface area contributed by atoms with Crippen LogP contribution in [0.15, 0.2) is 18.2 Å². The lowest BCUT2D eigenvalue weighted by molar-refractivity contribution is 0.238. The predicted molar refractivity (Wildman–Crippen MR) is 63.3 cm³/mol. The average Bonchev–Trinajstić information content (AvgIpc) is 2.70. The molecule has 2 rings (SSSR count). The van der Waals surface area contributed by atoms with E-state index in [1.54, 1.807) is 0 Å². The SMILES string of the molecule is Cc1ccc(C)c(N2CCC(CO)C2)c1. The van der Waals surface area contributed by atoms with Crippen molar-refractivity contribution in [2.24, 2.45) is 5.92 Å². The molecule has 0 saturated carbocycles. The zero-order valence-electron chi connectivity index (χ0n) is 9.53. The van der Waals surface area contributed by atoms with Gasteiger partial charge in [0, 0.05) is 31.3 Å². The first-order chi connectivity index (χ1) is 7.20. The van der Waals surface area contributed by atoms with Crippen molar-refractivity contribution in [3.8, 4) is 0 Å². The van der Waals surface area contributed by atoms with Gasteiger partial charge >= 0.3 is 0 Å². The van der Waals surface area contributed by atoms with E-state index in [0.29, 0.717) is 12.5 Å². The van der Waals surface area contributed by atoms with Crippen LogP contribution in [0.4, 0.5) is 5.69 Å². The molecule has 0 radical (unpaired) electrons. The molecule has 1 aliphatic heterocycles. The van der Waals surface area contributed by atoms with Crippen LogP contribution >= 0.6 is 0 Å². The van der Waals surface area contributed by atoms with E-state index in [4.69, 9.17) is 5.11 Å². The number of aliphatic hydroxyl groups excluding tert-OH is 1. The first-order valence-corrected chi connectivity index (χ1v) is 5.64. The number of aliphatic hydroxyl groups is 1. The van der Waals surface area contributed by atoms with Gasteiger partial charge in [0.2, 0.25) is 0 Å². The molecule has 1 aliphatic rings. The Kier molecular flexibility index (Phi) is 2.96. The van der Waals surface area contributed by atoms with E-state index in [2.05, 4.69) is 36.9 Å². The van der Waals surface area contributed by atoms with Gasteiger partial charge in [-0.05, 0) is 37.5 Å². The molecule has 15 heavy (non-hydrogen) atoms. The summed E-state index contributed by atoms with van der Waals surface area (Å²) in [6.45, 7) is 6.68. The molecule has 0 aliphatic carbocycles.